The van der Waals surface area contributed by atoms with Gasteiger partial charge >= 0.3 is 5.97 Å². The zero-order valence-electron chi connectivity index (χ0n) is 11.8. The van der Waals surface area contributed by atoms with Crippen LogP contribution in [-0.4, -0.2) is 21.0 Å². The van der Waals surface area contributed by atoms with Crippen LogP contribution in [0.3, 0.4) is 0 Å². The molecule has 0 fully saturated rings. The fourth-order valence-electron chi connectivity index (χ4n) is 2.02. The van der Waals surface area contributed by atoms with Crippen molar-refractivity contribution in [2.75, 3.05) is 5.73 Å². The van der Waals surface area contributed by atoms with Gasteiger partial charge in [-0.3, -0.25) is 4.79 Å². The van der Waals surface area contributed by atoms with Gasteiger partial charge in [-0.2, -0.15) is 4.68 Å². The monoisotopic (exact) mass is 314 g/mol. The molecule has 0 atom stereocenters. The quantitative estimate of drug-likeness (QED) is 0.578. The Bertz CT molecular complexity index is 955. The lowest BCUT2D eigenvalue weighted by Gasteiger charge is -2.08. The first-order chi connectivity index (χ1) is 11.1. The van der Waals surface area contributed by atoms with Crippen molar-refractivity contribution in [3.05, 3.63) is 64.2 Å². The minimum absolute atomic E-state index is 0.00759. The number of benzene rings is 2. The maximum atomic E-state index is 13.0. The Morgan fingerprint density at radius 1 is 1.26 bits per heavy atom. The van der Waals surface area contributed by atoms with Crippen LogP contribution in [0.5, 0.6) is 0 Å². The van der Waals surface area contributed by atoms with Gasteiger partial charge in [0.15, 0.2) is 6.73 Å². The van der Waals surface area contributed by atoms with E-state index in [9.17, 15) is 14.0 Å². The highest BCUT2D eigenvalue weighted by Gasteiger charge is 2.13. The van der Waals surface area contributed by atoms with Gasteiger partial charge in [0.25, 0.3) is 5.56 Å². The molecule has 7 nitrogen and oxygen atoms in total. The highest BCUT2D eigenvalue weighted by atomic mass is 19.1. The van der Waals surface area contributed by atoms with Crippen molar-refractivity contribution in [3.8, 4) is 0 Å². The van der Waals surface area contributed by atoms with Crippen LogP contribution >= 0.6 is 0 Å². The van der Waals surface area contributed by atoms with Crippen LogP contribution in [0.4, 0.5) is 10.1 Å². The van der Waals surface area contributed by atoms with Crippen LogP contribution in [0.1, 0.15) is 10.4 Å². The number of nitrogens with two attached hydrogens (primary N) is 1. The first kappa shape index (κ1) is 14.6. The summed E-state index contributed by atoms with van der Waals surface area (Å²) >= 11 is 0. The van der Waals surface area contributed by atoms with E-state index in [1.165, 1.54) is 6.07 Å². The predicted molar refractivity (Wildman–Crippen MR) is 80.0 cm³/mol. The molecule has 0 amide bonds. The highest BCUT2D eigenvalue weighted by molar-refractivity contribution is 5.94. The molecule has 0 aliphatic carbocycles. The molecule has 2 aromatic carbocycles. The van der Waals surface area contributed by atoms with E-state index >= 15 is 0 Å². The number of esters is 1. The van der Waals surface area contributed by atoms with Gasteiger partial charge < -0.3 is 10.5 Å². The number of halogens is 1. The largest absolute Gasteiger partial charge is 0.438 e. The number of hydrogen-bond acceptors (Lipinski definition) is 6. The number of ether oxygens (including phenoxy) is 1. The second-order valence-electron chi connectivity index (χ2n) is 4.70. The van der Waals surface area contributed by atoms with Crippen molar-refractivity contribution in [2.45, 2.75) is 6.73 Å². The van der Waals surface area contributed by atoms with Gasteiger partial charge in [-0.1, -0.05) is 17.3 Å². The van der Waals surface area contributed by atoms with Crippen molar-refractivity contribution < 1.29 is 13.9 Å². The molecule has 116 valence electrons. The SMILES string of the molecule is Nc1cc(F)ccc1C(=O)OCn1nnc2ccccc2c1=O. The molecular weight excluding hydrogens is 303 g/mol. The lowest BCUT2D eigenvalue weighted by Crippen LogP contribution is -2.26. The molecule has 23 heavy (non-hydrogen) atoms. The zero-order chi connectivity index (χ0) is 16.4. The van der Waals surface area contributed by atoms with E-state index in [0.29, 0.717) is 10.9 Å². The van der Waals surface area contributed by atoms with Gasteiger partial charge in [0.2, 0.25) is 0 Å². The molecular formula is C15H11FN4O3. The zero-order valence-corrected chi connectivity index (χ0v) is 11.8. The van der Waals surface area contributed by atoms with Crippen LogP contribution in [0.25, 0.3) is 10.9 Å². The first-order valence-electron chi connectivity index (χ1n) is 6.61. The first-order valence-corrected chi connectivity index (χ1v) is 6.61. The minimum atomic E-state index is -0.788. The summed E-state index contributed by atoms with van der Waals surface area (Å²) in [5, 5.41) is 7.92. The fourth-order valence-corrected chi connectivity index (χ4v) is 2.02. The number of aromatic nitrogens is 3. The molecule has 1 aromatic heterocycles. The summed E-state index contributed by atoms with van der Waals surface area (Å²) in [6.45, 7) is -0.424. The van der Waals surface area contributed by atoms with Gasteiger partial charge in [0.05, 0.1) is 10.9 Å². The topological polar surface area (TPSA) is 100 Å². The molecule has 3 aromatic rings. The van der Waals surface area contributed by atoms with E-state index in [1.807, 2.05) is 0 Å². The Morgan fingerprint density at radius 2 is 2.04 bits per heavy atom. The van der Waals surface area contributed by atoms with E-state index in [1.54, 1.807) is 24.3 Å². The maximum Gasteiger partial charge on any atom is 0.342 e. The van der Waals surface area contributed by atoms with Crippen LogP contribution in [0, 0.1) is 5.82 Å². The third-order valence-corrected chi connectivity index (χ3v) is 3.18. The van der Waals surface area contributed by atoms with Gasteiger partial charge in [0, 0.05) is 5.69 Å². The van der Waals surface area contributed by atoms with Gasteiger partial charge in [-0.15, -0.1) is 5.10 Å². The average Bonchev–Trinajstić information content (AvgIpc) is 2.54. The average molecular weight is 314 g/mol. The Kier molecular flexibility index (Phi) is 3.71. The molecule has 0 aliphatic rings. The van der Waals surface area contributed by atoms with Gasteiger partial charge in [-0.25, -0.2) is 9.18 Å². The number of anilines is 1. The second-order valence-corrected chi connectivity index (χ2v) is 4.70. The predicted octanol–water partition coefficient (Wildman–Crippen LogP) is 1.33. The third-order valence-electron chi connectivity index (χ3n) is 3.18. The van der Waals surface area contributed by atoms with Crippen molar-refractivity contribution in [1.82, 2.24) is 15.0 Å². The Labute approximate surface area is 129 Å². The normalized spacial score (nSPS) is 10.7. The summed E-state index contributed by atoms with van der Waals surface area (Å²) in [5.41, 5.74) is 5.53. The number of rotatable bonds is 3. The fraction of sp³-hybridized carbons (Fsp3) is 0.0667. The van der Waals surface area contributed by atoms with Crippen LogP contribution in [-0.2, 0) is 11.5 Å². The lowest BCUT2D eigenvalue weighted by atomic mass is 10.2. The van der Waals surface area contributed by atoms with E-state index in [-0.39, 0.29) is 11.3 Å². The molecule has 0 saturated heterocycles. The molecule has 0 saturated carbocycles. The Hall–Kier alpha value is -3.29. The summed E-state index contributed by atoms with van der Waals surface area (Å²) in [5.74, 6) is -1.35. The molecule has 0 radical (unpaired) electrons. The molecule has 2 N–H and O–H groups in total. The third kappa shape index (κ3) is 2.86. The van der Waals surface area contributed by atoms with Crippen molar-refractivity contribution in [1.29, 1.82) is 0 Å². The number of nitrogens with zero attached hydrogens (tertiary/aromatic N) is 3. The van der Waals surface area contributed by atoms with Gasteiger partial charge in [0.1, 0.15) is 11.3 Å². The molecule has 3 rings (SSSR count). The summed E-state index contributed by atoms with van der Waals surface area (Å²) in [4.78, 5) is 24.1. The van der Waals surface area contributed by atoms with E-state index < -0.39 is 24.1 Å². The van der Waals surface area contributed by atoms with Crippen LogP contribution < -0.4 is 11.3 Å². The Morgan fingerprint density at radius 3 is 2.83 bits per heavy atom. The van der Waals surface area contributed by atoms with E-state index in [0.717, 1.165) is 16.8 Å². The summed E-state index contributed by atoms with van der Waals surface area (Å²) in [7, 11) is 0. The van der Waals surface area contributed by atoms with Crippen LogP contribution in [0.2, 0.25) is 0 Å². The molecule has 0 aliphatic heterocycles. The van der Waals surface area contributed by atoms with Gasteiger partial charge in [-0.05, 0) is 30.3 Å². The number of nitrogen functional groups attached to an aromatic ring is 1. The smallest absolute Gasteiger partial charge is 0.342 e. The second kappa shape index (κ2) is 5.84. The number of hydrogen-bond donors (Lipinski definition) is 1. The summed E-state index contributed by atoms with van der Waals surface area (Å²) < 4.78 is 18.9. The standard InChI is InChI=1S/C15H11FN4O3/c16-9-5-6-10(12(17)7-9)15(22)23-8-20-14(21)11-3-1-2-4-13(11)18-19-20/h1-7H,8,17H2. The molecule has 8 heteroatoms. The number of carbonyl (C=O) groups excluding carboxylic acids is 1. The van der Waals surface area contributed by atoms with Crippen molar-refractivity contribution in [3.63, 3.8) is 0 Å². The lowest BCUT2D eigenvalue weighted by molar-refractivity contribution is 0.0337. The van der Waals surface area contributed by atoms with E-state index in [4.69, 9.17) is 10.5 Å². The molecule has 0 spiro atoms. The molecule has 1 heterocycles. The molecule has 0 bridgehead atoms. The summed E-state index contributed by atoms with van der Waals surface area (Å²) in [6, 6.07) is 10.00. The highest BCUT2D eigenvalue weighted by Crippen LogP contribution is 2.14. The van der Waals surface area contributed by atoms with E-state index in [2.05, 4.69) is 10.3 Å². The number of fused-ring (bicyclic) bond motifs is 1. The van der Waals surface area contributed by atoms with Crippen molar-refractivity contribution >= 4 is 22.6 Å². The number of carbonyl (C=O) groups is 1. The Balaban J connectivity index is 1.82. The van der Waals surface area contributed by atoms with Crippen molar-refractivity contribution in [2.24, 2.45) is 0 Å². The van der Waals surface area contributed by atoms with Crippen LogP contribution in [0.15, 0.2) is 47.3 Å². The molecule has 0 unspecified atom stereocenters. The maximum absolute atomic E-state index is 13.0. The summed E-state index contributed by atoms with van der Waals surface area (Å²) in [6.07, 6.45) is 0. The minimum Gasteiger partial charge on any atom is -0.438 e.